The van der Waals surface area contributed by atoms with Crippen molar-refractivity contribution in [1.82, 2.24) is 20.0 Å². The summed E-state index contributed by atoms with van der Waals surface area (Å²) in [6, 6.07) is -1.82. The van der Waals surface area contributed by atoms with Crippen molar-refractivity contribution in [2.45, 2.75) is 111 Å². The lowest BCUT2D eigenvalue weighted by molar-refractivity contribution is -0.155. The summed E-state index contributed by atoms with van der Waals surface area (Å²) in [7, 11) is 3.68. The van der Waals surface area contributed by atoms with Crippen molar-refractivity contribution in [2.75, 3.05) is 27.2 Å². The Morgan fingerprint density at radius 1 is 0.921 bits per heavy atom. The summed E-state index contributed by atoms with van der Waals surface area (Å²) < 4.78 is 5.37. The molecule has 0 aromatic carbocycles. The zero-order chi connectivity index (χ0) is 28.7. The highest BCUT2D eigenvalue weighted by Crippen LogP contribution is 2.23. The quantitative estimate of drug-likeness (QED) is 0.342. The van der Waals surface area contributed by atoms with Crippen LogP contribution >= 0.6 is 0 Å². The van der Waals surface area contributed by atoms with Gasteiger partial charge in [0.05, 0.1) is 18.2 Å². The molecule has 2 saturated heterocycles. The van der Waals surface area contributed by atoms with Crippen molar-refractivity contribution in [1.29, 1.82) is 0 Å². The van der Waals surface area contributed by atoms with Gasteiger partial charge >= 0.3 is 5.97 Å². The van der Waals surface area contributed by atoms with Crippen LogP contribution in [-0.4, -0.2) is 95.8 Å². The maximum Gasteiger partial charge on any atom is 0.329 e. The topological polar surface area (TPSA) is 99.3 Å². The predicted molar refractivity (Wildman–Crippen MR) is 148 cm³/mol. The van der Waals surface area contributed by atoms with Gasteiger partial charge in [0.25, 0.3) is 0 Å². The van der Waals surface area contributed by atoms with Crippen LogP contribution in [-0.2, 0) is 23.9 Å². The van der Waals surface area contributed by atoms with Crippen LogP contribution < -0.4 is 5.32 Å². The molecule has 38 heavy (non-hydrogen) atoms. The Bertz CT molecular complexity index is 884. The molecule has 9 heteroatoms. The minimum absolute atomic E-state index is 0.0278. The van der Waals surface area contributed by atoms with Gasteiger partial charge in [-0.2, -0.15) is 0 Å². The van der Waals surface area contributed by atoms with Crippen LogP contribution in [0.2, 0.25) is 0 Å². The summed E-state index contributed by atoms with van der Waals surface area (Å²) in [5.74, 6) is -0.940. The lowest BCUT2D eigenvalue weighted by Gasteiger charge is -2.36. The lowest BCUT2D eigenvalue weighted by atomic mass is 9.96. The van der Waals surface area contributed by atoms with Gasteiger partial charge in [0.15, 0.2) is 0 Å². The highest BCUT2D eigenvalue weighted by atomic mass is 16.5. The number of rotatable bonds is 10. The maximum atomic E-state index is 13.7. The SMILES string of the molecule is C/C(=C\[C@H](C(C)C)N(C)C(=O)[C@@H](NC(=O)[C@H]1CCCCN1C)C(C)C)C(=O)N1CCC[C@H]1C(=O)OC(C)C. The highest BCUT2D eigenvalue weighted by molar-refractivity contribution is 5.96. The van der Waals surface area contributed by atoms with Crippen LogP contribution in [0.4, 0.5) is 0 Å². The first-order valence-corrected chi connectivity index (χ1v) is 14.2. The Kier molecular flexibility index (Phi) is 11.8. The van der Waals surface area contributed by atoms with E-state index in [2.05, 4.69) is 10.2 Å². The molecule has 9 nitrogen and oxygen atoms in total. The molecule has 0 aromatic heterocycles. The van der Waals surface area contributed by atoms with Crippen molar-refractivity contribution in [3.8, 4) is 0 Å². The number of piperidine rings is 1. The maximum absolute atomic E-state index is 13.7. The molecule has 0 aromatic rings. The Labute approximate surface area is 229 Å². The van der Waals surface area contributed by atoms with Crippen LogP contribution in [0.1, 0.15) is 80.6 Å². The van der Waals surface area contributed by atoms with Gasteiger partial charge in [0.1, 0.15) is 12.1 Å². The fourth-order valence-electron chi connectivity index (χ4n) is 5.41. The molecule has 0 bridgehead atoms. The highest BCUT2D eigenvalue weighted by Gasteiger charge is 2.37. The third-order valence-electron chi connectivity index (χ3n) is 7.68. The van der Waals surface area contributed by atoms with Gasteiger partial charge in [-0.15, -0.1) is 0 Å². The molecule has 0 spiro atoms. The number of esters is 1. The van der Waals surface area contributed by atoms with Crippen LogP contribution in [0.3, 0.4) is 0 Å². The van der Waals surface area contributed by atoms with Gasteiger partial charge < -0.3 is 19.9 Å². The van der Waals surface area contributed by atoms with Gasteiger partial charge in [-0.3, -0.25) is 19.3 Å². The van der Waals surface area contributed by atoms with Crippen molar-refractivity contribution in [3.05, 3.63) is 11.6 Å². The number of hydrogen-bond acceptors (Lipinski definition) is 6. The second-order valence-electron chi connectivity index (χ2n) is 11.9. The fraction of sp³-hybridized carbons (Fsp3) is 0.793. The van der Waals surface area contributed by atoms with E-state index >= 15 is 0 Å². The van der Waals surface area contributed by atoms with Gasteiger partial charge in [0, 0.05) is 19.2 Å². The van der Waals surface area contributed by atoms with E-state index in [1.54, 1.807) is 37.6 Å². The van der Waals surface area contributed by atoms with E-state index < -0.39 is 12.1 Å². The number of likely N-dealkylation sites (tertiary alicyclic amines) is 2. The third kappa shape index (κ3) is 8.04. The van der Waals surface area contributed by atoms with E-state index in [1.807, 2.05) is 40.8 Å². The average molecular weight is 535 g/mol. The normalized spacial score (nSPS) is 22.5. The molecule has 216 valence electrons. The number of ether oxygens (including phenoxy) is 1. The molecule has 2 rings (SSSR count). The van der Waals surface area contributed by atoms with E-state index in [-0.39, 0.29) is 53.7 Å². The number of likely N-dealkylation sites (N-methyl/N-ethyl adjacent to an activating group) is 2. The van der Waals surface area contributed by atoms with E-state index in [0.717, 1.165) is 32.2 Å². The van der Waals surface area contributed by atoms with Gasteiger partial charge in [-0.25, -0.2) is 4.79 Å². The molecule has 0 saturated carbocycles. The molecule has 0 radical (unpaired) electrons. The molecule has 2 aliphatic rings. The van der Waals surface area contributed by atoms with Gasteiger partial charge in [0.2, 0.25) is 17.7 Å². The largest absolute Gasteiger partial charge is 0.461 e. The Hall–Kier alpha value is -2.42. The van der Waals surface area contributed by atoms with Crippen molar-refractivity contribution in [2.24, 2.45) is 11.8 Å². The Balaban J connectivity index is 2.19. The smallest absolute Gasteiger partial charge is 0.329 e. The van der Waals surface area contributed by atoms with Crippen molar-refractivity contribution < 1.29 is 23.9 Å². The average Bonchev–Trinajstić information content (AvgIpc) is 3.34. The Morgan fingerprint density at radius 2 is 1.55 bits per heavy atom. The molecule has 1 N–H and O–H groups in total. The van der Waals surface area contributed by atoms with E-state index in [9.17, 15) is 19.2 Å². The number of nitrogens with zero attached hydrogens (tertiary/aromatic N) is 3. The molecular weight excluding hydrogens is 484 g/mol. The molecule has 0 unspecified atom stereocenters. The van der Waals surface area contributed by atoms with Crippen LogP contribution in [0.5, 0.6) is 0 Å². The van der Waals surface area contributed by atoms with Gasteiger partial charge in [-0.05, 0) is 71.9 Å². The van der Waals surface area contributed by atoms with Gasteiger partial charge in [-0.1, -0.05) is 40.2 Å². The molecule has 2 aliphatic heterocycles. The summed E-state index contributed by atoms with van der Waals surface area (Å²) in [5.41, 5.74) is 0.488. The standard InChI is InChI=1S/C29H50N4O5/c1-18(2)24(17-21(7)27(35)33-16-12-14-23(33)29(37)38-20(5)6)32(9)28(36)25(19(3)4)30-26(34)22-13-10-11-15-31(22)8/h17-20,22-25H,10-16H2,1-9H3,(H,30,34)/b21-17+/t22-,23+,24-,25+/m1/s1. The number of nitrogens with one attached hydrogen (secondary N) is 1. The molecular formula is C29H50N4O5. The first-order valence-electron chi connectivity index (χ1n) is 14.2. The van der Waals surface area contributed by atoms with Crippen molar-refractivity contribution >= 4 is 23.7 Å². The van der Waals surface area contributed by atoms with Crippen LogP contribution in [0, 0.1) is 11.8 Å². The lowest BCUT2D eigenvalue weighted by Crippen LogP contribution is -2.57. The number of amides is 3. The second-order valence-corrected chi connectivity index (χ2v) is 11.9. The molecule has 2 fully saturated rings. The third-order valence-corrected chi connectivity index (χ3v) is 7.68. The number of hydrogen-bond donors (Lipinski definition) is 1. The minimum Gasteiger partial charge on any atom is -0.461 e. The second kappa shape index (κ2) is 14.1. The van der Waals surface area contributed by atoms with Crippen LogP contribution in [0.15, 0.2) is 11.6 Å². The number of carbonyl (C=O) groups excluding carboxylic acids is 4. The molecule has 0 aliphatic carbocycles. The monoisotopic (exact) mass is 534 g/mol. The molecule has 3 amide bonds. The van der Waals surface area contributed by atoms with E-state index in [1.165, 1.54) is 0 Å². The first kappa shape index (κ1) is 31.8. The zero-order valence-corrected chi connectivity index (χ0v) is 25.0. The number of carbonyl (C=O) groups is 4. The van der Waals surface area contributed by atoms with E-state index in [0.29, 0.717) is 18.5 Å². The van der Waals surface area contributed by atoms with E-state index in [4.69, 9.17) is 4.74 Å². The van der Waals surface area contributed by atoms with Crippen LogP contribution in [0.25, 0.3) is 0 Å². The summed E-state index contributed by atoms with van der Waals surface area (Å²) in [6.45, 7) is 14.6. The fourth-order valence-corrected chi connectivity index (χ4v) is 5.41. The summed E-state index contributed by atoms with van der Waals surface area (Å²) in [6.07, 6.45) is 5.78. The molecule has 2 heterocycles. The van der Waals surface area contributed by atoms with Crippen molar-refractivity contribution in [3.63, 3.8) is 0 Å². The minimum atomic E-state index is -0.665. The summed E-state index contributed by atoms with van der Waals surface area (Å²) in [4.78, 5) is 58.0. The molecule has 4 atom stereocenters. The zero-order valence-electron chi connectivity index (χ0n) is 25.0. The Morgan fingerprint density at radius 3 is 2.11 bits per heavy atom. The summed E-state index contributed by atoms with van der Waals surface area (Å²) in [5, 5.41) is 3.03. The first-order chi connectivity index (χ1) is 17.8. The predicted octanol–water partition coefficient (Wildman–Crippen LogP) is 2.98. The summed E-state index contributed by atoms with van der Waals surface area (Å²) >= 11 is 0.